The van der Waals surface area contributed by atoms with Gasteiger partial charge in [0.25, 0.3) is 5.87 Å². The lowest BCUT2D eigenvalue weighted by Crippen LogP contribution is -1.92. The molecule has 0 unspecified atom stereocenters. The SMILES string of the molecule is C1=Cc2ccc[c-]c2C=[N+]=1.[H+]. The second-order valence-electron chi connectivity index (χ2n) is 2.07. The smallest absolute Gasteiger partial charge is 0.147 e. The van der Waals surface area contributed by atoms with E-state index in [2.05, 4.69) is 16.6 Å². The molecule has 0 amide bonds. The van der Waals surface area contributed by atoms with Crippen LogP contribution >= 0.6 is 0 Å². The highest BCUT2D eigenvalue weighted by Gasteiger charge is 1.93. The van der Waals surface area contributed by atoms with Crippen LogP contribution in [-0.2, 0) is 0 Å². The first-order chi connectivity index (χ1) is 4.97. The van der Waals surface area contributed by atoms with Crippen LogP contribution in [0.5, 0.6) is 0 Å². The van der Waals surface area contributed by atoms with Crippen LogP contribution in [0.4, 0.5) is 0 Å². The van der Waals surface area contributed by atoms with Crippen molar-refractivity contribution in [2.24, 2.45) is 0 Å². The molecule has 0 aromatic heterocycles. The molecule has 0 fully saturated rings. The van der Waals surface area contributed by atoms with Crippen molar-refractivity contribution < 1.29 is 1.43 Å². The Bertz CT molecular complexity index is 321. The first-order valence-electron chi connectivity index (χ1n) is 3.09. The summed E-state index contributed by atoms with van der Waals surface area (Å²) < 4.78 is 3.86. The highest BCUT2D eigenvalue weighted by molar-refractivity contribution is 5.94. The van der Waals surface area contributed by atoms with Crippen molar-refractivity contribution in [2.45, 2.75) is 0 Å². The number of fused-ring (bicyclic) bond motifs is 1. The van der Waals surface area contributed by atoms with Crippen LogP contribution in [0.2, 0.25) is 0 Å². The Morgan fingerprint density at radius 2 is 2.60 bits per heavy atom. The minimum Gasteiger partial charge on any atom is -0.147 e. The van der Waals surface area contributed by atoms with Crippen molar-refractivity contribution in [3.8, 4) is 0 Å². The Balaban J connectivity index is 0.000000605. The van der Waals surface area contributed by atoms with Gasteiger partial charge in [-0.2, -0.15) is 0 Å². The molecule has 1 aromatic rings. The molecule has 1 heterocycles. The van der Waals surface area contributed by atoms with E-state index in [1.54, 1.807) is 6.21 Å². The van der Waals surface area contributed by atoms with Crippen molar-refractivity contribution in [1.82, 2.24) is 4.67 Å². The second kappa shape index (κ2) is 2.00. The molecule has 0 saturated carbocycles. The molecule has 1 aliphatic heterocycles. The lowest BCUT2D eigenvalue weighted by atomic mass is 10.1. The van der Waals surface area contributed by atoms with Gasteiger partial charge in [-0.25, -0.2) is 0 Å². The van der Waals surface area contributed by atoms with Gasteiger partial charge in [0.2, 0.25) is 6.21 Å². The molecule has 0 saturated heterocycles. The summed E-state index contributed by atoms with van der Waals surface area (Å²) in [6.45, 7) is 0. The highest BCUT2D eigenvalue weighted by Crippen LogP contribution is 2.05. The second-order valence-corrected chi connectivity index (χ2v) is 2.07. The summed E-state index contributed by atoms with van der Waals surface area (Å²) in [6.07, 6.45) is 3.61. The summed E-state index contributed by atoms with van der Waals surface area (Å²) in [5.41, 5.74) is 2.18. The van der Waals surface area contributed by atoms with E-state index in [9.17, 15) is 0 Å². The summed E-state index contributed by atoms with van der Waals surface area (Å²) in [5, 5.41) is 0. The molecule has 0 spiro atoms. The van der Waals surface area contributed by atoms with Gasteiger partial charge in [-0.05, 0) is 0 Å². The van der Waals surface area contributed by atoms with Crippen molar-refractivity contribution in [3.05, 3.63) is 35.4 Å². The van der Waals surface area contributed by atoms with E-state index in [4.69, 9.17) is 0 Å². The van der Waals surface area contributed by atoms with Gasteiger partial charge in [0.05, 0.1) is 0 Å². The molecular weight excluding hydrogens is 122 g/mol. The molecule has 1 heteroatoms. The average molecular weight is 128 g/mol. The van der Waals surface area contributed by atoms with Crippen molar-refractivity contribution in [3.63, 3.8) is 0 Å². The first kappa shape index (κ1) is 5.25. The highest BCUT2D eigenvalue weighted by atomic mass is 14.5. The lowest BCUT2D eigenvalue weighted by molar-refractivity contribution is 1.57. The Hall–Kier alpha value is -1.55. The minimum atomic E-state index is 0. The zero-order chi connectivity index (χ0) is 6.81. The van der Waals surface area contributed by atoms with E-state index in [0.29, 0.717) is 0 Å². The predicted octanol–water partition coefficient (Wildman–Crippen LogP) is 0.782. The van der Waals surface area contributed by atoms with Crippen molar-refractivity contribution in [2.75, 3.05) is 0 Å². The molecular formula is C9H6N+. The van der Waals surface area contributed by atoms with Gasteiger partial charge in [-0.3, -0.25) is 0 Å². The average Bonchev–Trinajstić information content (AvgIpc) is 2.05. The molecule has 1 nitrogen and oxygen atoms in total. The van der Waals surface area contributed by atoms with E-state index in [1.165, 1.54) is 0 Å². The molecule has 1 aromatic carbocycles. The Morgan fingerprint density at radius 1 is 1.60 bits per heavy atom. The summed E-state index contributed by atoms with van der Waals surface area (Å²) in [4.78, 5) is 0. The van der Waals surface area contributed by atoms with E-state index in [1.807, 2.05) is 24.3 Å². The van der Waals surface area contributed by atoms with Gasteiger partial charge >= 0.3 is 1.43 Å². The van der Waals surface area contributed by atoms with Gasteiger partial charge in [0.1, 0.15) is 0 Å². The Labute approximate surface area is 60.6 Å². The maximum absolute atomic E-state index is 3.86. The van der Waals surface area contributed by atoms with Crippen LogP contribution in [0.3, 0.4) is 0 Å². The summed E-state index contributed by atoms with van der Waals surface area (Å²) in [6, 6.07) is 8.92. The standard InChI is InChI=1S/C9H5N/c1-2-4-9-7-10-6-5-8(9)3-1/h1-3,5,7H/p+1. The maximum Gasteiger partial charge on any atom is 1.00 e. The van der Waals surface area contributed by atoms with Gasteiger partial charge in [0, 0.05) is 6.08 Å². The fourth-order valence-electron chi connectivity index (χ4n) is 0.909. The molecule has 10 heavy (non-hydrogen) atoms. The fourth-order valence-corrected chi connectivity index (χ4v) is 0.909. The topological polar surface area (TPSA) is 14.1 Å². The van der Waals surface area contributed by atoms with Crippen LogP contribution in [-0.4, -0.2) is 12.1 Å². The molecule has 0 bridgehead atoms. The Kier molecular flexibility index (Phi) is 1.05. The third-order valence-corrected chi connectivity index (χ3v) is 1.41. The van der Waals surface area contributed by atoms with Crippen LogP contribution in [0.25, 0.3) is 6.08 Å². The largest absolute Gasteiger partial charge is 1.00 e. The monoisotopic (exact) mass is 128 g/mol. The van der Waals surface area contributed by atoms with Crippen LogP contribution in [0, 0.1) is 6.07 Å². The van der Waals surface area contributed by atoms with Gasteiger partial charge in [-0.1, -0.05) is 15.8 Å². The summed E-state index contributed by atoms with van der Waals surface area (Å²) in [7, 11) is 0. The number of benzene rings is 1. The number of nitrogens with zero attached hydrogens (tertiary/aromatic N) is 1. The third kappa shape index (κ3) is 0.708. The summed E-state index contributed by atoms with van der Waals surface area (Å²) >= 11 is 0. The normalized spacial score (nSPS) is 11.6. The first-order valence-corrected chi connectivity index (χ1v) is 3.09. The Morgan fingerprint density at radius 3 is 3.50 bits per heavy atom. The van der Waals surface area contributed by atoms with E-state index >= 15 is 0 Å². The predicted molar refractivity (Wildman–Crippen MR) is 43.2 cm³/mol. The molecule has 0 atom stereocenters. The molecule has 1 aliphatic rings. The number of hydrogen-bond donors (Lipinski definition) is 0. The van der Waals surface area contributed by atoms with Crippen LogP contribution in [0.1, 0.15) is 12.6 Å². The van der Waals surface area contributed by atoms with Crippen LogP contribution < -0.4 is 4.67 Å². The maximum atomic E-state index is 3.86. The van der Waals surface area contributed by atoms with Crippen LogP contribution in [0.15, 0.2) is 18.2 Å². The number of hydrogen-bond acceptors (Lipinski definition) is 0. The zero-order valence-electron chi connectivity index (χ0n) is 6.33. The molecule has 0 radical (unpaired) electrons. The van der Waals surface area contributed by atoms with Crippen molar-refractivity contribution >= 4 is 18.2 Å². The minimum absolute atomic E-state index is 0. The van der Waals surface area contributed by atoms with Gasteiger partial charge in [-0.15, -0.1) is 24.3 Å². The van der Waals surface area contributed by atoms with Gasteiger partial charge < -0.3 is 0 Å². The van der Waals surface area contributed by atoms with Gasteiger partial charge in [0.15, 0.2) is 0 Å². The number of rotatable bonds is 0. The van der Waals surface area contributed by atoms with E-state index in [0.717, 1.165) is 11.1 Å². The molecule has 2 rings (SSSR count). The quantitative estimate of drug-likeness (QED) is 0.368. The van der Waals surface area contributed by atoms with E-state index in [-0.39, 0.29) is 1.43 Å². The molecule has 46 valence electrons. The molecule has 0 N–H and O–H groups in total. The summed E-state index contributed by atoms with van der Waals surface area (Å²) in [5.74, 6) is 2.77. The van der Waals surface area contributed by atoms with E-state index < -0.39 is 0 Å². The van der Waals surface area contributed by atoms with Crippen molar-refractivity contribution in [1.29, 1.82) is 0 Å². The lowest BCUT2D eigenvalue weighted by Gasteiger charge is -2.00. The third-order valence-electron chi connectivity index (χ3n) is 1.41. The molecule has 0 aliphatic carbocycles. The fraction of sp³-hybridized carbons (Fsp3) is 0. The zero-order valence-corrected chi connectivity index (χ0v) is 5.33.